The molecule has 1 aliphatic rings. The van der Waals surface area contributed by atoms with Crippen LogP contribution in [-0.4, -0.2) is 15.6 Å². The summed E-state index contributed by atoms with van der Waals surface area (Å²) in [6.45, 7) is 2.08. The summed E-state index contributed by atoms with van der Waals surface area (Å²) in [5.41, 5.74) is 0.296. The van der Waals surface area contributed by atoms with Crippen LogP contribution in [0.2, 0.25) is 5.02 Å². The van der Waals surface area contributed by atoms with Gasteiger partial charge in [0, 0.05) is 12.2 Å². The van der Waals surface area contributed by atoms with Crippen molar-refractivity contribution in [3.8, 4) is 0 Å². The van der Waals surface area contributed by atoms with Crippen molar-refractivity contribution in [3.63, 3.8) is 0 Å². The van der Waals surface area contributed by atoms with E-state index in [4.69, 9.17) is 16.7 Å². The van der Waals surface area contributed by atoms with E-state index in [1.807, 2.05) is 0 Å². The highest BCUT2D eigenvalue weighted by atomic mass is 35.5. The lowest BCUT2D eigenvalue weighted by molar-refractivity contribution is 0.0681. The van der Waals surface area contributed by atoms with E-state index in [1.165, 1.54) is 31.7 Å². The van der Waals surface area contributed by atoms with Gasteiger partial charge in [-0.2, -0.15) is 0 Å². The van der Waals surface area contributed by atoms with Crippen LogP contribution in [-0.2, 0) is 0 Å². The molecule has 0 bridgehead atoms. The van der Waals surface area contributed by atoms with Crippen LogP contribution >= 0.6 is 11.6 Å². The summed E-state index contributed by atoms with van der Waals surface area (Å²) in [6, 6.07) is 1.75. The first-order chi connectivity index (χ1) is 7.59. The summed E-state index contributed by atoms with van der Waals surface area (Å²) in [7, 11) is 0. The van der Waals surface area contributed by atoms with Gasteiger partial charge in [0.25, 0.3) is 0 Å². The Labute approximate surface area is 100 Å². The molecular weight excluding hydrogens is 226 g/mol. The molecule has 0 aliphatic heterocycles. The Morgan fingerprint density at radius 1 is 1.56 bits per heavy atom. The number of nitrogens with zero attached hydrogens (tertiary/aromatic N) is 1. The van der Waals surface area contributed by atoms with Crippen LogP contribution in [0.1, 0.15) is 49.1 Å². The van der Waals surface area contributed by atoms with Gasteiger partial charge in [0.05, 0.1) is 5.02 Å². The van der Waals surface area contributed by atoms with E-state index in [9.17, 15) is 4.79 Å². The normalized spacial score (nSPS) is 18.9. The fourth-order valence-electron chi connectivity index (χ4n) is 2.62. The highest BCUT2D eigenvalue weighted by Gasteiger charge is 2.25. The smallest absolute Gasteiger partial charge is 0.352 e. The summed E-state index contributed by atoms with van der Waals surface area (Å²) >= 11 is 5.88. The molecule has 3 nitrogen and oxygen atoms in total. The molecule has 0 aromatic carbocycles. The minimum absolute atomic E-state index is 0.223. The van der Waals surface area contributed by atoms with E-state index in [1.54, 1.807) is 10.8 Å². The van der Waals surface area contributed by atoms with Gasteiger partial charge in [-0.3, -0.25) is 0 Å². The van der Waals surface area contributed by atoms with Crippen LogP contribution in [0, 0.1) is 5.92 Å². The summed E-state index contributed by atoms with van der Waals surface area (Å²) in [5, 5.41) is 9.59. The first kappa shape index (κ1) is 11.5. The molecule has 16 heavy (non-hydrogen) atoms. The monoisotopic (exact) mass is 241 g/mol. The van der Waals surface area contributed by atoms with Crippen molar-refractivity contribution in [2.45, 2.75) is 38.6 Å². The third kappa shape index (κ3) is 2.09. The Balaban J connectivity index is 2.27. The van der Waals surface area contributed by atoms with Gasteiger partial charge in [-0.05, 0) is 31.7 Å². The molecule has 1 atom stereocenters. The SMILES string of the molecule is CC(C1CCCC1)n1cc(Cl)cc1C(=O)O. The summed E-state index contributed by atoms with van der Waals surface area (Å²) in [6.07, 6.45) is 6.62. The number of carboxylic acid groups (broad SMARTS) is 1. The van der Waals surface area contributed by atoms with Crippen molar-refractivity contribution >= 4 is 17.6 Å². The van der Waals surface area contributed by atoms with Crippen LogP contribution < -0.4 is 0 Å². The van der Waals surface area contributed by atoms with Gasteiger partial charge in [0.1, 0.15) is 5.69 Å². The van der Waals surface area contributed by atoms with E-state index >= 15 is 0 Å². The molecular formula is C12H16ClNO2. The number of carboxylic acids is 1. The average molecular weight is 242 g/mol. The maximum absolute atomic E-state index is 11.1. The number of halogens is 1. The second-order valence-corrected chi connectivity index (χ2v) is 4.98. The minimum atomic E-state index is -0.906. The summed E-state index contributed by atoms with van der Waals surface area (Å²) in [5.74, 6) is -0.321. The second-order valence-electron chi connectivity index (χ2n) is 4.54. The van der Waals surface area contributed by atoms with Gasteiger partial charge in [-0.15, -0.1) is 0 Å². The van der Waals surface area contributed by atoms with E-state index in [0.29, 0.717) is 16.6 Å². The first-order valence-corrected chi connectivity index (χ1v) is 6.08. The molecule has 1 unspecified atom stereocenters. The highest BCUT2D eigenvalue weighted by Crippen LogP contribution is 2.35. The molecule has 0 amide bonds. The topological polar surface area (TPSA) is 42.2 Å². The highest BCUT2D eigenvalue weighted by molar-refractivity contribution is 6.30. The van der Waals surface area contributed by atoms with Gasteiger partial charge in [-0.25, -0.2) is 4.79 Å². The van der Waals surface area contributed by atoms with E-state index in [0.717, 1.165) is 0 Å². The fraction of sp³-hybridized carbons (Fsp3) is 0.583. The van der Waals surface area contributed by atoms with Gasteiger partial charge >= 0.3 is 5.97 Å². The summed E-state index contributed by atoms with van der Waals surface area (Å²) in [4.78, 5) is 11.1. The van der Waals surface area contributed by atoms with Crippen molar-refractivity contribution < 1.29 is 9.90 Å². The lowest BCUT2D eigenvalue weighted by atomic mass is 9.99. The average Bonchev–Trinajstić information content (AvgIpc) is 2.84. The summed E-state index contributed by atoms with van der Waals surface area (Å²) < 4.78 is 1.81. The number of hydrogen-bond acceptors (Lipinski definition) is 1. The van der Waals surface area contributed by atoms with Crippen molar-refractivity contribution in [2.75, 3.05) is 0 Å². The molecule has 4 heteroatoms. The molecule has 0 spiro atoms. The largest absolute Gasteiger partial charge is 0.477 e. The molecule has 1 aliphatic carbocycles. The van der Waals surface area contributed by atoms with Gasteiger partial charge in [-0.1, -0.05) is 24.4 Å². The predicted molar refractivity (Wildman–Crippen MR) is 63.1 cm³/mol. The number of aromatic nitrogens is 1. The zero-order chi connectivity index (χ0) is 11.7. The molecule has 0 radical (unpaired) electrons. The molecule has 88 valence electrons. The van der Waals surface area contributed by atoms with E-state index < -0.39 is 5.97 Å². The van der Waals surface area contributed by atoms with Crippen molar-refractivity contribution in [3.05, 3.63) is 23.0 Å². The van der Waals surface area contributed by atoms with Crippen LogP contribution in [0.25, 0.3) is 0 Å². The molecule has 1 N–H and O–H groups in total. The van der Waals surface area contributed by atoms with Gasteiger partial charge in [0.2, 0.25) is 0 Å². The molecule has 2 rings (SSSR count). The Hall–Kier alpha value is -0.960. The van der Waals surface area contributed by atoms with Crippen molar-refractivity contribution in [2.24, 2.45) is 5.92 Å². The number of hydrogen-bond donors (Lipinski definition) is 1. The molecule has 1 saturated carbocycles. The van der Waals surface area contributed by atoms with Crippen LogP contribution in [0.15, 0.2) is 12.3 Å². The molecule has 1 aromatic rings. The predicted octanol–water partition coefficient (Wildman–Crippen LogP) is 3.59. The minimum Gasteiger partial charge on any atom is -0.477 e. The number of rotatable bonds is 3. The van der Waals surface area contributed by atoms with Gasteiger partial charge in [0.15, 0.2) is 0 Å². The van der Waals surface area contributed by atoms with Crippen LogP contribution in [0.5, 0.6) is 0 Å². The lowest BCUT2D eigenvalue weighted by Crippen LogP contribution is -2.17. The zero-order valence-corrected chi connectivity index (χ0v) is 10.1. The molecule has 1 aromatic heterocycles. The first-order valence-electron chi connectivity index (χ1n) is 5.70. The Morgan fingerprint density at radius 3 is 2.75 bits per heavy atom. The van der Waals surface area contributed by atoms with Gasteiger partial charge < -0.3 is 9.67 Å². The maximum atomic E-state index is 11.1. The number of aromatic carboxylic acids is 1. The molecule has 1 heterocycles. The Bertz CT molecular complexity index is 394. The molecule has 1 fully saturated rings. The maximum Gasteiger partial charge on any atom is 0.352 e. The fourth-order valence-corrected chi connectivity index (χ4v) is 2.83. The van der Waals surface area contributed by atoms with E-state index in [2.05, 4.69) is 6.92 Å². The van der Waals surface area contributed by atoms with Crippen LogP contribution in [0.4, 0.5) is 0 Å². The Kier molecular flexibility index (Phi) is 3.24. The Morgan fingerprint density at radius 2 is 2.19 bits per heavy atom. The van der Waals surface area contributed by atoms with E-state index in [-0.39, 0.29) is 6.04 Å². The van der Waals surface area contributed by atoms with Crippen molar-refractivity contribution in [1.29, 1.82) is 0 Å². The second kappa shape index (κ2) is 4.50. The van der Waals surface area contributed by atoms with Crippen LogP contribution in [0.3, 0.4) is 0 Å². The third-order valence-corrected chi connectivity index (χ3v) is 3.76. The zero-order valence-electron chi connectivity index (χ0n) is 9.32. The quantitative estimate of drug-likeness (QED) is 0.879. The number of carbonyl (C=O) groups is 1. The molecule has 0 saturated heterocycles. The standard InChI is InChI=1S/C12H16ClNO2/c1-8(9-4-2-3-5-9)14-7-10(13)6-11(14)12(15)16/h6-9H,2-5H2,1H3,(H,15,16). The third-order valence-electron chi connectivity index (χ3n) is 3.56. The van der Waals surface area contributed by atoms with Crippen molar-refractivity contribution in [1.82, 2.24) is 4.57 Å². The lowest BCUT2D eigenvalue weighted by Gasteiger charge is -2.22.